The smallest absolute Gasteiger partial charge is 0.221 e. The summed E-state index contributed by atoms with van der Waals surface area (Å²) in [4.78, 5) is 8.44. The Balaban J connectivity index is 2.77. The highest BCUT2D eigenvalue weighted by atomic mass is 16.5. The van der Waals surface area contributed by atoms with Crippen molar-refractivity contribution in [3.05, 3.63) is 17.6 Å². The molecule has 0 spiro atoms. The Kier molecular flexibility index (Phi) is 4.49. The van der Waals surface area contributed by atoms with Gasteiger partial charge in [-0.15, -0.1) is 0 Å². The second kappa shape index (κ2) is 5.66. The van der Waals surface area contributed by atoms with E-state index in [-0.39, 0.29) is 0 Å². The Morgan fingerprint density at radius 3 is 2.80 bits per heavy atom. The minimum absolute atomic E-state index is 0.503. The molecule has 15 heavy (non-hydrogen) atoms. The Bertz CT molecular complexity index is 313. The van der Waals surface area contributed by atoms with E-state index in [2.05, 4.69) is 29.1 Å². The molecule has 1 N–H and O–H groups in total. The largest absolute Gasteiger partial charge is 0.477 e. The van der Waals surface area contributed by atoms with E-state index < -0.39 is 0 Å². The molecule has 0 aliphatic heterocycles. The topological polar surface area (TPSA) is 47.0 Å². The first kappa shape index (κ1) is 11.9. The summed E-state index contributed by atoms with van der Waals surface area (Å²) in [7, 11) is 1.89. The molecule has 84 valence electrons. The Hall–Kier alpha value is -1.16. The van der Waals surface area contributed by atoms with Gasteiger partial charge >= 0.3 is 0 Å². The molecule has 1 aromatic rings. The Morgan fingerprint density at radius 1 is 1.47 bits per heavy atom. The van der Waals surface area contributed by atoms with Crippen molar-refractivity contribution in [2.75, 3.05) is 13.7 Å². The third kappa shape index (κ3) is 3.83. The first-order chi connectivity index (χ1) is 7.13. The van der Waals surface area contributed by atoms with Crippen LogP contribution in [0.4, 0.5) is 0 Å². The molecule has 1 heterocycles. The van der Waals surface area contributed by atoms with Gasteiger partial charge in [0.2, 0.25) is 5.88 Å². The summed E-state index contributed by atoms with van der Waals surface area (Å²) < 4.78 is 5.64. The number of hydrogen-bond acceptors (Lipinski definition) is 4. The number of aromatic nitrogens is 2. The summed E-state index contributed by atoms with van der Waals surface area (Å²) in [5.41, 5.74) is 1.00. The molecule has 0 unspecified atom stereocenters. The standard InChI is InChI=1S/C11H19N3O/c1-8(2)7-15-11-10(5-12-4)6-13-9(3)14-11/h6,8,12H,5,7H2,1-4H3. The Labute approximate surface area is 91.1 Å². The van der Waals surface area contributed by atoms with Crippen molar-refractivity contribution in [3.63, 3.8) is 0 Å². The summed E-state index contributed by atoms with van der Waals surface area (Å²) in [5.74, 6) is 1.95. The molecule has 1 aromatic heterocycles. The van der Waals surface area contributed by atoms with Crippen LogP contribution in [0.25, 0.3) is 0 Å². The SMILES string of the molecule is CNCc1cnc(C)nc1OCC(C)C. The normalized spacial score (nSPS) is 10.7. The molecule has 0 aliphatic carbocycles. The van der Waals surface area contributed by atoms with E-state index >= 15 is 0 Å². The second-order valence-corrected chi connectivity index (χ2v) is 3.98. The quantitative estimate of drug-likeness (QED) is 0.799. The number of hydrogen-bond donors (Lipinski definition) is 1. The van der Waals surface area contributed by atoms with E-state index in [9.17, 15) is 0 Å². The zero-order valence-corrected chi connectivity index (χ0v) is 9.87. The van der Waals surface area contributed by atoms with E-state index in [0.29, 0.717) is 18.4 Å². The van der Waals surface area contributed by atoms with Gasteiger partial charge in [0, 0.05) is 18.3 Å². The molecular weight excluding hydrogens is 190 g/mol. The van der Waals surface area contributed by atoms with Crippen LogP contribution in [0.5, 0.6) is 5.88 Å². The van der Waals surface area contributed by atoms with Crippen LogP contribution >= 0.6 is 0 Å². The zero-order valence-electron chi connectivity index (χ0n) is 9.87. The molecule has 0 aromatic carbocycles. The van der Waals surface area contributed by atoms with E-state index in [1.807, 2.05) is 20.2 Å². The summed E-state index contributed by atoms with van der Waals surface area (Å²) in [6.07, 6.45) is 1.81. The lowest BCUT2D eigenvalue weighted by Gasteiger charge is -2.11. The van der Waals surface area contributed by atoms with Crippen molar-refractivity contribution in [2.24, 2.45) is 5.92 Å². The van der Waals surface area contributed by atoms with E-state index in [1.165, 1.54) is 0 Å². The maximum atomic E-state index is 5.64. The van der Waals surface area contributed by atoms with Gasteiger partial charge in [0.05, 0.1) is 6.61 Å². The molecule has 0 radical (unpaired) electrons. The minimum atomic E-state index is 0.503. The minimum Gasteiger partial charge on any atom is -0.477 e. The molecule has 4 nitrogen and oxygen atoms in total. The van der Waals surface area contributed by atoms with Crippen LogP contribution in [-0.2, 0) is 6.54 Å². The molecule has 0 aliphatic rings. The van der Waals surface area contributed by atoms with Gasteiger partial charge in [0.15, 0.2) is 0 Å². The summed E-state index contributed by atoms with van der Waals surface area (Å²) >= 11 is 0. The number of nitrogens with zero attached hydrogens (tertiary/aromatic N) is 2. The lowest BCUT2D eigenvalue weighted by molar-refractivity contribution is 0.257. The van der Waals surface area contributed by atoms with Crippen LogP contribution in [0.3, 0.4) is 0 Å². The molecule has 0 amide bonds. The lowest BCUT2D eigenvalue weighted by atomic mass is 10.2. The van der Waals surface area contributed by atoms with Gasteiger partial charge < -0.3 is 10.1 Å². The molecule has 0 saturated carbocycles. The summed E-state index contributed by atoms with van der Waals surface area (Å²) in [6.45, 7) is 7.52. The number of nitrogens with one attached hydrogen (secondary N) is 1. The van der Waals surface area contributed by atoms with Gasteiger partial charge in [0.1, 0.15) is 5.82 Å². The molecule has 0 bridgehead atoms. The third-order valence-corrected chi connectivity index (χ3v) is 1.87. The highest BCUT2D eigenvalue weighted by Gasteiger charge is 2.06. The van der Waals surface area contributed by atoms with Gasteiger partial charge in [0.25, 0.3) is 0 Å². The molecule has 1 rings (SSSR count). The predicted molar refractivity (Wildman–Crippen MR) is 59.9 cm³/mol. The fraction of sp³-hybridized carbons (Fsp3) is 0.636. The van der Waals surface area contributed by atoms with E-state index in [4.69, 9.17) is 4.74 Å². The highest BCUT2D eigenvalue weighted by Crippen LogP contribution is 2.14. The van der Waals surface area contributed by atoms with E-state index in [0.717, 1.165) is 17.9 Å². The fourth-order valence-corrected chi connectivity index (χ4v) is 1.16. The van der Waals surface area contributed by atoms with Gasteiger partial charge in [-0.2, -0.15) is 4.98 Å². The zero-order chi connectivity index (χ0) is 11.3. The third-order valence-electron chi connectivity index (χ3n) is 1.87. The average molecular weight is 209 g/mol. The van der Waals surface area contributed by atoms with Gasteiger partial charge in [-0.1, -0.05) is 13.8 Å². The molecule has 0 fully saturated rings. The van der Waals surface area contributed by atoms with E-state index in [1.54, 1.807) is 0 Å². The van der Waals surface area contributed by atoms with Gasteiger partial charge in [-0.05, 0) is 19.9 Å². The van der Waals surface area contributed by atoms with Crippen LogP contribution in [0.15, 0.2) is 6.20 Å². The lowest BCUT2D eigenvalue weighted by Crippen LogP contribution is -2.12. The monoisotopic (exact) mass is 209 g/mol. The van der Waals surface area contributed by atoms with Crippen molar-refractivity contribution in [3.8, 4) is 5.88 Å². The van der Waals surface area contributed by atoms with Crippen LogP contribution < -0.4 is 10.1 Å². The first-order valence-electron chi connectivity index (χ1n) is 5.23. The van der Waals surface area contributed by atoms with Crippen molar-refractivity contribution >= 4 is 0 Å². The number of ether oxygens (including phenoxy) is 1. The molecule has 0 atom stereocenters. The van der Waals surface area contributed by atoms with Crippen LogP contribution in [0.1, 0.15) is 25.2 Å². The number of rotatable bonds is 5. The van der Waals surface area contributed by atoms with Crippen LogP contribution in [0.2, 0.25) is 0 Å². The predicted octanol–water partition coefficient (Wildman–Crippen LogP) is 1.54. The number of aryl methyl sites for hydroxylation is 1. The van der Waals surface area contributed by atoms with Crippen molar-refractivity contribution < 1.29 is 4.74 Å². The van der Waals surface area contributed by atoms with Crippen molar-refractivity contribution in [1.82, 2.24) is 15.3 Å². The Morgan fingerprint density at radius 2 is 2.20 bits per heavy atom. The van der Waals surface area contributed by atoms with Gasteiger partial charge in [-0.25, -0.2) is 4.98 Å². The highest BCUT2D eigenvalue weighted by molar-refractivity contribution is 5.23. The average Bonchev–Trinajstić information content (AvgIpc) is 2.18. The summed E-state index contributed by atoms with van der Waals surface area (Å²) in [6, 6.07) is 0. The maximum Gasteiger partial charge on any atom is 0.221 e. The molecule has 4 heteroatoms. The maximum absolute atomic E-state index is 5.64. The molecule has 0 saturated heterocycles. The fourth-order valence-electron chi connectivity index (χ4n) is 1.16. The van der Waals surface area contributed by atoms with Crippen LogP contribution in [0, 0.1) is 12.8 Å². The van der Waals surface area contributed by atoms with Crippen molar-refractivity contribution in [1.29, 1.82) is 0 Å². The van der Waals surface area contributed by atoms with Gasteiger partial charge in [-0.3, -0.25) is 0 Å². The van der Waals surface area contributed by atoms with Crippen molar-refractivity contribution in [2.45, 2.75) is 27.3 Å². The summed E-state index contributed by atoms with van der Waals surface area (Å²) in [5, 5.41) is 3.07. The second-order valence-electron chi connectivity index (χ2n) is 3.98. The first-order valence-corrected chi connectivity index (χ1v) is 5.23. The van der Waals surface area contributed by atoms with Crippen LogP contribution in [-0.4, -0.2) is 23.6 Å². The molecular formula is C11H19N3O.